The van der Waals surface area contributed by atoms with Crippen LogP contribution < -0.4 is 10.6 Å². The molecule has 2 N–H and O–H groups in total. The third kappa shape index (κ3) is 3.74. The van der Waals surface area contributed by atoms with Gasteiger partial charge >= 0.3 is 0 Å². The smallest absolute Gasteiger partial charge is 0.257 e. The highest BCUT2D eigenvalue weighted by atomic mass is 32.2. The van der Waals surface area contributed by atoms with Crippen molar-refractivity contribution in [3.8, 4) is 0 Å². The standard InChI is InChI=1S/C17H20N2O4S2/c1-5-25(22,23)13-9-7-6-8-12(13)15(20)19-17-14(16(21)18-4)10(2)11(3)24-17/h6-9H,5H2,1-4H3,(H,18,21)(H,19,20). The molecule has 0 saturated carbocycles. The second-order valence-electron chi connectivity index (χ2n) is 5.42. The van der Waals surface area contributed by atoms with Crippen LogP contribution in [0.4, 0.5) is 5.00 Å². The van der Waals surface area contributed by atoms with E-state index in [-0.39, 0.29) is 22.1 Å². The van der Waals surface area contributed by atoms with Crippen molar-refractivity contribution in [3.63, 3.8) is 0 Å². The Kier molecular flexibility index (Phi) is 5.64. The molecule has 134 valence electrons. The highest BCUT2D eigenvalue weighted by Crippen LogP contribution is 2.33. The number of carbonyl (C=O) groups is 2. The molecule has 6 nitrogen and oxygen atoms in total. The van der Waals surface area contributed by atoms with E-state index in [0.29, 0.717) is 10.6 Å². The minimum atomic E-state index is -3.54. The number of hydrogen-bond acceptors (Lipinski definition) is 5. The van der Waals surface area contributed by atoms with Crippen molar-refractivity contribution in [2.45, 2.75) is 25.7 Å². The molecule has 0 aliphatic rings. The van der Waals surface area contributed by atoms with Gasteiger partial charge in [0.2, 0.25) is 0 Å². The number of rotatable bonds is 5. The molecule has 8 heteroatoms. The Hall–Kier alpha value is -2.19. The minimum Gasteiger partial charge on any atom is -0.355 e. The van der Waals surface area contributed by atoms with Crippen LogP contribution in [-0.2, 0) is 9.84 Å². The lowest BCUT2D eigenvalue weighted by molar-refractivity contribution is 0.0963. The molecular formula is C17H20N2O4S2. The normalized spacial score (nSPS) is 11.2. The minimum absolute atomic E-state index is 0.0125. The number of amides is 2. The molecule has 0 atom stereocenters. The first-order valence-corrected chi connectivity index (χ1v) is 10.1. The average Bonchev–Trinajstić information content (AvgIpc) is 2.88. The first-order chi connectivity index (χ1) is 11.7. The number of sulfone groups is 1. The van der Waals surface area contributed by atoms with Crippen LogP contribution >= 0.6 is 11.3 Å². The van der Waals surface area contributed by atoms with Gasteiger partial charge in [-0.2, -0.15) is 0 Å². The van der Waals surface area contributed by atoms with Crippen LogP contribution in [-0.4, -0.2) is 33.0 Å². The van der Waals surface area contributed by atoms with Crippen molar-refractivity contribution >= 4 is 38.0 Å². The summed E-state index contributed by atoms with van der Waals surface area (Å²) in [4.78, 5) is 25.7. The summed E-state index contributed by atoms with van der Waals surface area (Å²) in [5.41, 5.74) is 1.25. The number of carbonyl (C=O) groups excluding carboxylic acids is 2. The summed E-state index contributed by atoms with van der Waals surface area (Å²) in [6, 6.07) is 6.06. The molecule has 0 unspecified atom stereocenters. The fraction of sp³-hybridized carbons (Fsp3) is 0.294. The maximum atomic E-state index is 12.7. The van der Waals surface area contributed by atoms with Gasteiger partial charge in [0.25, 0.3) is 11.8 Å². The van der Waals surface area contributed by atoms with Crippen LogP contribution in [0.2, 0.25) is 0 Å². The predicted octanol–water partition coefficient (Wildman–Crippen LogP) is 2.77. The molecule has 0 saturated heterocycles. The van der Waals surface area contributed by atoms with E-state index in [9.17, 15) is 18.0 Å². The zero-order chi connectivity index (χ0) is 18.8. The topological polar surface area (TPSA) is 92.3 Å². The third-order valence-corrected chi connectivity index (χ3v) is 6.82. The molecule has 0 aliphatic carbocycles. The largest absolute Gasteiger partial charge is 0.355 e. The quantitative estimate of drug-likeness (QED) is 0.834. The molecule has 1 aromatic carbocycles. The van der Waals surface area contributed by atoms with E-state index >= 15 is 0 Å². The molecule has 2 rings (SSSR count). The third-order valence-electron chi connectivity index (χ3n) is 3.91. The summed E-state index contributed by atoms with van der Waals surface area (Å²) in [6.07, 6.45) is 0. The number of hydrogen-bond donors (Lipinski definition) is 2. The number of benzene rings is 1. The van der Waals surface area contributed by atoms with Crippen molar-refractivity contribution in [3.05, 3.63) is 45.8 Å². The maximum absolute atomic E-state index is 12.7. The first-order valence-electron chi connectivity index (χ1n) is 7.68. The van der Waals surface area contributed by atoms with E-state index in [0.717, 1.165) is 10.4 Å². The van der Waals surface area contributed by atoms with Gasteiger partial charge in [0.05, 0.1) is 21.8 Å². The van der Waals surface area contributed by atoms with Gasteiger partial charge < -0.3 is 10.6 Å². The number of thiophene rings is 1. The van der Waals surface area contributed by atoms with Crippen LogP contribution in [0.5, 0.6) is 0 Å². The van der Waals surface area contributed by atoms with Crippen molar-refractivity contribution < 1.29 is 18.0 Å². The molecule has 2 aromatic rings. The van der Waals surface area contributed by atoms with Crippen molar-refractivity contribution in [2.75, 3.05) is 18.1 Å². The summed E-state index contributed by atoms with van der Waals surface area (Å²) in [5.74, 6) is -0.955. The highest BCUT2D eigenvalue weighted by molar-refractivity contribution is 7.91. The molecule has 25 heavy (non-hydrogen) atoms. The fourth-order valence-electron chi connectivity index (χ4n) is 2.36. The second kappa shape index (κ2) is 7.37. The monoisotopic (exact) mass is 380 g/mol. The van der Waals surface area contributed by atoms with Gasteiger partial charge in [-0.25, -0.2) is 8.42 Å². The van der Waals surface area contributed by atoms with E-state index in [4.69, 9.17) is 0 Å². The molecular weight excluding hydrogens is 360 g/mol. The molecule has 0 radical (unpaired) electrons. The second-order valence-corrected chi connectivity index (χ2v) is 8.89. The number of nitrogens with one attached hydrogen (secondary N) is 2. The van der Waals surface area contributed by atoms with Crippen LogP contribution in [0, 0.1) is 13.8 Å². The number of anilines is 1. The van der Waals surface area contributed by atoms with Gasteiger partial charge in [-0.05, 0) is 31.5 Å². The Morgan fingerprint density at radius 3 is 2.36 bits per heavy atom. The molecule has 1 aromatic heterocycles. The average molecular weight is 380 g/mol. The lowest BCUT2D eigenvalue weighted by Gasteiger charge is -2.10. The van der Waals surface area contributed by atoms with Crippen molar-refractivity contribution in [1.82, 2.24) is 5.32 Å². The summed E-state index contributed by atoms with van der Waals surface area (Å²) < 4.78 is 24.4. The van der Waals surface area contributed by atoms with Gasteiger partial charge in [-0.15, -0.1) is 11.3 Å². The number of aryl methyl sites for hydroxylation is 1. The Morgan fingerprint density at radius 2 is 1.76 bits per heavy atom. The molecule has 0 spiro atoms. The van der Waals surface area contributed by atoms with Gasteiger partial charge in [0, 0.05) is 11.9 Å². The van der Waals surface area contributed by atoms with Crippen molar-refractivity contribution in [1.29, 1.82) is 0 Å². The zero-order valence-corrected chi connectivity index (χ0v) is 16.1. The van der Waals surface area contributed by atoms with Gasteiger partial charge in [0.15, 0.2) is 9.84 Å². The summed E-state index contributed by atoms with van der Waals surface area (Å²) >= 11 is 1.28. The predicted molar refractivity (Wildman–Crippen MR) is 99.3 cm³/mol. The Labute approximate surface area is 151 Å². The Morgan fingerprint density at radius 1 is 1.12 bits per heavy atom. The summed E-state index contributed by atoms with van der Waals surface area (Å²) in [6.45, 7) is 5.19. The van der Waals surface area contributed by atoms with E-state index in [1.54, 1.807) is 12.1 Å². The van der Waals surface area contributed by atoms with Crippen molar-refractivity contribution in [2.24, 2.45) is 0 Å². The first kappa shape index (κ1) is 19.1. The fourth-order valence-corrected chi connectivity index (χ4v) is 4.51. The Balaban J connectivity index is 2.47. The molecule has 0 bridgehead atoms. The van der Waals surface area contributed by atoms with Crippen LogP contribution in [0.1, 0.15) is 38.1 Å². The van der Waals surface area contributed by atoms with E-state index in [1.165, 1.54) is 37.4 Å². The summed E-state index contributed by atoms with van der Waals surface area (Å²) in [5, 5.41) is 5.65. The van der Waals surface area contributed by atoms with E-state index < -0.39 is 15.7 Å². The van der Waals surface area contributed by atoms with Gasteiger partial charge in [0.1, 0.15) is 5.00 Å². The van der Waals surface area contributed by atoms with Gasteiger partial charge in [-0.3, -0.25) is 9.59 Å². The molecule has 2 amide bonds. The lowest BCUT2D eigenvalue weighted by atomic mass is 10.1. The van der Waals surface area contributed by atoms with Crippen LogP contribution in [0.15, 0.2) is 29.2 Å². The van der Waals surface area contributed by atoms with Crippen LogP contribution in [0.25, 0.3) is 0 Å². The molecule has 0 aliphatic heterocycles. The molecule has 0 fully saturated rings. The lowest BCUT2D eigenvalue weighted by Crippen LogP contribution is -2.22. The SMILES string of the molecule is CCS(=O)(=O)c1ccccc1C(=O)Nc1sc(C)c(C)c1C(=O)NC. The Bertz CT molecular complexity index is 930. The maximum Gasteiger partial charge on any atom is 0.257 e. The van der Waals surface area contributed by atoms with E-state index in [2.05, 4.69) is 10.6 Å². The molecule has 1 heterocycles. The van der Waals surface area contributed by atoms with E-state index in [1.807, 2.05) is 13.8 Å². The highest BCUT2D eigenvalue weighted by Gasteiger charge is 2.24. The zero-order valence-electron chi connectivity index (χ0n) is 14.5. The van der Waals surface area contributed by atoms with Crippen LogP contribution in [0.3, 0.4) is 0 Å². The van der Waals surface area contributed by atoms with Gasteiger partial charge in [-0.1, -0.05) is 19.1 Å². The summed E-state index contributed by atoms with van der Waals surface area (Å²) in [7, 11) is -2.02.